The zero-order chi connectivity index (χ0) is 24.1. The number of hydrogen-bond acceptors (Lipinski definition) is 4. The van der Waals surface area contributed by atoms with Crippen molar-refractivity contribution in [3.05, 3.63) is 89.7 Å². The van der Waals surface area contributed by atoms with Crippen molar-refractivity contribution in [2.75, 3.05) is 13.2 Å². The van der Waals surface area contributed by atoms with Gasteiger partial charge in [0.2, 0.25) is 0 Å². The van der Waals surface area contributed by atoms with Gasteiger partial charge in [0.15, 0.2) is 12.3 Å². The maximum atomic E-state index is 14.8. The SMILES string of the molecule is CCC/C=C\OC1=CC=C(c2ccc(-c3ccc(C4COC(O)OC4)c(F)c3)cc2)C(F)C1F. The first kappa shape index (κ1) is 24.3. The van der Waals surface area contributed by atoms with Gasteiger partial charge >= 0.3 is 0 Å². The number of allylic oxidation sites excluding steroid dienone is 5. The molecule has 4 rings (SSSR count). The van der Waals surface area contributed by atoms with Crippen molar-refractivity contribution in [2.45, 2.75) is 44.5 Å². The van der Waals surface area contributed by atoms with Crippen LogP contribution in [0.25, 0.3) is 16.7 Å². The predicted octanol–water partition coefficient (Wildman–Crippen LogP) is 6.19. The van der Waals surface area contributed by atoms with E-state index in [-0.39, 0.29) is 30.5 Å². The zero-order valence-corrected chi connectivity index (χ0v) is 18.8. The maximum absolute atomic E-state index is 14.8. The molecule has 180 valence electrons. The Labute approximate surface area is 197 Å². The van der Waals surface area contributed by atoms with Crippen molar-refractivity contribution in [3.8, 4) is 11.1 Å². The molecule has 1 fully saturated rings. The summed E-state index contributed by atoms with van der Waals surface area (Å²) >= 11 is 0. The van der Waals surface area contributed by atoms with E-state index in [1.54, 1.807) is 42.5 Å². The van der Waals surface area contributed by atoms with Crippen molar-refractivity contribution < 1.29 is 32.5 Å². The number of halogens is 3. The molecular formula is C27H27F3O4. The number of hydrogen-bond donors (Lipinski definition) is 1. The molecule has 0 radical (unpaired) electrons. The normalized spacial score (nSPS) is 25.2. The molecule has 1 aliphatic heterocycles. The molecule has 7 heteroatoms. The van der Waals surface area contributed by atoms with Gasteiger partial charge in [-0.15, -0.1) is 0 Å². The molecule has 1 heterocycles. The molecule has 0 bridgehead atoms. The molecule has 34 heavy (non-hydrogen) atoms. The molecule has 4 nitrogen and oxygen atoms in total. The molecule has 1 N–H and O–H groups in total. The number of aliphatic hydroxyl groups excluding tert-OH is 1. The van der Waals surface area contributed by atoms with Gasteiger partial charge in [-0.25, -0.2) is 13.2 Å². The number of unbranched alkanes of at least 4 members (excludes halogenated alkanes) is 1. The Morgan fingerprint density at radius 2 is 1.65 bits per heavy atom. The number of rotatable bonds is 7. The molecule has 2 aromatic carbocycles. The van der Waals surface area contributed by atoms with E-state index in [9.17, 15) is 18.3 Å². The van der Waals surface area contributed by atoms with E-state index in [1.807, 2.05) is 6.92 Å². The van der Waals surface area contributed by atoms with Gasteiger partial charge in [-0.3, -0.25) is 0 Å². The molecule has 2 aromatic rings. The van der Waals surface area contributed by atoms with Crippen LogP contribution in [0.15, 0.2) is 72.7 Å². The molecule has 2 unspecified atom stereocenters. The van der Waals surface area contributed by atoms with Gasteiger partial charge in [-0.2, -0.15) is 0 Å². The van der Waals surface area contributed by atoms with E-state index >= 15 is 0 Å². The zero-order valence-electron chi connectivity index (χ0n) is 18.8. The second-order valence-corrected chi connectivity index (χ2v) is 8.26. The Kier molecular flexibility index (Phi) is 7.88. The molecule has 2 atom stereocenters. The fraction of sp³-hybridized carbons (Fsp3) is 0.333. The first-order chi connectivity index (χ1) is 16.5. The Morgan fingerprint density at radius 1 is 0.971 bits per heavy atom. The smallest absolute Gasteiger partial charge is 0.269 e. The lowest BCUT2D eigenvalue weighted by atomic mass is 9.91. The van der Waals surface area contributed by atoms with Crippen LogP contribution in [0.1, 0.15) is 36.8 Å². The monoisotopic (exact) mass is 472 g/mol. The van der Waals surface area contributed by atoms with E-state index in [2.05, 4.69) is 0 Å². The van der Waals surface area contributed by atoms with Crippen LogP contribution in [0.2, 0.25) is 0 Å². The van der Waals surface area contributed by atoms with Gasteiger partial charge in [0.1, 0.15) is 11.6 Å². The Balaban J connectivity index is 1.48. The number of alkyl halides is 2. The van der Waals surface area contributed by atoms with Crippen molar-refractivity contribution in [1.29, 1.82) is 0 Å². The standard InChI is InChI=1S/C27H27F3O4/c1-2-3-4-13-32-24-12-11-22(25(29)26(24)30)18-7-5-17(6-8-18)19-9-10-21(23(28)14-19)20-15-33-27(31)34-16-20/h4-14,20,25-27,31H,2-3,15-16H2,1H3/b13-4-. The molecular weight excluding hydrogens is 445 g/mol. The second-order valence-electron chi connectivity index (χ2n) is 8.26. The van der Waals surface area contributed by atoms with Crippen LogP contribution in [0.3, 0.4) is 0 Å². The van der Waals surface area contributed by atoms with Gasteiger partial charge in [-0.1, -0.05) is 55.8 Å². The van der Waals surface area contributed by atoms with E-state index in [4.69, 9.17) is 14.2 Å². The van der Waals surface area contributed by atoms with E-state index < -0.39 is 24.6 Å². The predicted molar refractivity (Wildman–Crippen MR) is 123 cm³/mol. The van der Waals surface area contributed by atoms with Crippen LogP contribution in [-0.2, 0) is 14.2 Å². The summed E-state index contributed by atoms with van der Waals surface area (Å²) in [4.78, 5) is 0. The van der Waals surface area contributed by atoms with Crippen molar-refractivity contribution >= 4 is 5.57 Å². The summed E-state index contributed by atoms with van der Waals surface area (Å²) in [7, 11) is 0. The van der Waals surface area contributed by atoms with Gasteiger partial charge in [0.05, 0.1) is 19.5 Å². The summed E-state index contributed by atoms with van der Waals surface area (Å²) in [5.41, 5.74) is 2.61. The molecule has 0 amide bonds. The average molecular weight is 473 g/mol. The highest BCUT2D eigenvalue weighted by Gasteiger charge is 2.32. The third kappa shape index (κ3) is 5.43. The van der Waals surface area contributed by atoms with Crippen molar-refractivity contribution in [1.82, 2.24) is 0 Å². The molecule has 0 saturated carbocycles. The van der Waals surface area contributed by atoms with Crippen LogP contribution >= 0.6 is 0 Å². The quantitative estimate of drug-likeness (QED) is 0.489. The van der Waals surface area contributed by atoms with Gasteiger partial charge in [0.25, 0.3) is 6.48 Å². The lowest BCUT2D eigenvalue weighted by Gasteiger charge is -2.26. The summed E-state index contributed by atoms with van der Waals surface area (Å²) < 4.78 is 59.4. The van der Waals surface area contributed by atoms with Gasteiger partial charge < -0.3 is 19.3 Å². The minimum Gasteiger partial charge on any atom is -0.466 e. The summed E-state index contributed by atoms with van der Waals surface area (Å²) in [6.45, 7) is 1.07. The minimum absolute atomic E-state index is 0.0564. The van der Waals surface area contributed by atoms with E-state index in [0.717, 1.165) is 18.4 Å². The molecule has 0 aromatic heterocycles. The number of ether oxygens (including phenoxy) is 3. The summed E-state index contributed by atoms with van der Waals surface area (Å²) in [6, 6.07) is 11.8. The molecule has 1 saturated heterocycles. The topological polar surface area (TPSA) is 47.9 Å². The fourth-order valence-corrected chi connectivity index (χ4v) is 3.94. The van der Waals surface area contributed by atoms with Crippen LogP contribution in [0.4, 0.5) is 13.2 Å². The third-order valence-electron chi connectivity index (χ3n) is 5.88. The van der Waals surface area contributed by atoms with Gasteiger partial charge in [0, 0.05) is 5.92 Å². The summed E-state index contributed by atoms with van der Waals surface area (Å²) in [5, 5.41) is 9.25. The molecule has 0 spiro atoms. The fourth-order valence-electron chi connectivity index (χ4n) is 3.94. The van der Waals surface area contributed by atoms with Gasteiger partial charge in [-0.05, 0) is 52.5 Å². The molecule has 2 aliphatic rings. The Morgan fingerprint density at radius 3 is 2.32 bits per heavy atom. The van der Waals surface area contributed by atoms with Crippen LogP contribution < -0.4 is 0 Å². The van der Waals surface area contributed by atoms with Crippen LogP contribution in [0.5, 0.6) is 0 Å². The highest BCUT2D eigenvalue weighted by Crippen LogP contribution is 2.34. The van der Waals surface area contributed by atoms with Crippen LogP contribution in [-0.4, -0.2) is 37.1 Å². The summed E-state index contributed by atoms with van der Waals surface area (Å²) in [6.07, 6.45) is 4.15. The number of benzene rings is 2. The Hall–Kier alpha value is -2.87. The van der Waals surface area contributed by atoms with E-state index in [1.165, 1.54) is 24.5 Å². The largest absolute Gasteiger partial charge is 0.466 e. The lowest BCUT2D eigenvalue weighted by Crippen LogP contribution is -2.30. The highest BCUT2D eigenvalue weighted by atomic mass is 19.2. The first-order valence-corrected chi connectivity index (χ1v) is 11.3. The minimum atomic E-state index is -1.89. The highest BCUT2D eigenvalue weighted by molar-refractivity contribution is 5.75. The lowest BCUT2D eigenvalue weighted by molar-refractivity contribution is -0.293. The molecule has 1 aliphatic carbocycles. The number of aliphatic hydroxyl groups is 1. The van der Waals surface area contributed by atoms with Crippen molar-refractivity contribution in [2.24, 2.45) is 0 Å². The van der Waals surface area contributed by atoms with Crippen molar-refractivity contribution in [3.63, 3.8) is 0 Å². The second kappa shape index (κ2) is 11.0. The van der Waals surface area contributed by atoms with Crippen LogP contribution in [0, 0.1) is 5.82 Å². The summed E-state index contributed by atoms with van der Waals surface area (Å²) in [5.74, 6) is -0.767. The average Bonchev–Trinajstić information content (AvgIpc) is 2.85. The third-order valence-corrected chi connectivity index (χ3v) is 5.88. The van der Waals surface area contributed by atoms with E-state index in [0.29, 0.717) is 16.7 Å². The maximum Gasteiger partial charge on any atom is 0.269 e. The Bertz CT molecular complexity index is 1070. The first-order valence-electron chi connectivity index (χ1n) is 11.3.